The van der Waals surface area contributed by atoms with Gasteiger partial charge >= 0.3 is 6.09 Å². The molecule has 0 spiro atoms. The summed E-state index contributed by atoms with van der Waals surface area (Å²) < 4.78 is 5.96. The molecule has 2 aliphatic heterocycles. The van der Waals surface area contributed by atoms with E-state index in [4.69, 9.17) is 9.84 Å². The molecular weight excluding hydrogens is 370 g/mol. The lowest BCUT2D eigenvalue weighted by atomic mass is 9.89. The number of carbonyl (C=O) groups is 2. The van der Waals surface area contributed by atoms with Gasteiger partial charge in [0.2, 0.25) is 5.91 Å². The third kappa shape index (κ3) is 5.41. The largest absolute Gasteiger partial charge is 0.492 e. The molecule has 0 aromatic heterocycles. The summed E-state index contributed by atoms with van der Waals surface area (Å²) in [6.45, 7) is 10.2. The number of piperidine rings is 1. The van der Waals surface area contributed by atoms with Gasteiger partial charge in [-0.3, -0.25) is 9.69 Å². The van der Waals surface area contributed by atoms with E-state index in [2.05, 4.69) is 30.9 Å². The van der Waals surface area contributed by atoms with Gasteiger partial charge in [0.1, 0.15) is 12.4 Å². The summed E-state index contributed by atoms with van der Waals surface area (Å²) in [5, 5.41) is 9.07. The molecule has 7 heteroatoms. The summed E-state index contributed by atoms with van der Waals surface area (Å²) in [6, 6.07) is 8.88. The van der Waals surface area contributed by atoms with Crippen LogP contribution in [-0.2, 0) is 4.79 Å². The highest BCUT2D eigenvalue weighted by Crippen LogP contribution is 2.29. The molecule has 2 amide bonds. The second-order valence-corrected chi connectivity index (χ2v) is 8.32. The van der Waals surface area contributed by atoms with Gasteiger partial charge in [-0.2, -0.15) is 0 Å². The third-order valence-electron chi connectivity index (χ3n) is 6.28. The predicted molar refractivity (Wildman–Crippen MR) is 111 cm³/mol. The molecule has 0 aliphatic carbocycles. The van der Waals surface area contributed by atoms with E-state index >= 15 is 0 Å². The molecule has 3 rings (SSSR count). The molecule has 0 radical (unpaired) electrons. The molecule has 2 saturated heterocycles. The number of amides is 2. The van der Waals surface area contributed by atoms with Crippen molar-refractivity contribution in [1.82, 2.24) is 14.7 Å². The lowest BCUT2D eigenvalue weighted by Gasteiger charge is -2.44. The Morgan fingerprint density at radius 1 is 1.03 bits per heavy atom. The van der Waals surface area contributed by atoms with Crippen molar-refractivity contribution in [3.05, 3.63) is 29.8 Å². The zero-order valence-corrected chi connectivity index (χ0v) is 17.7. The van der Waals surface area contributed by atoms with E-state index < -0.39 is 6.09 Å². The van der Waals surface area contributed by atoms with Crippen LogP contribution in [0, 0.1) is 0 Å². The number of benzene rings is 1. The van der Waals surface area contributed by atoms with E-state index in [9.17, 15) is 9.59 Å². The average Bonchev–Trinajstić information content (AvgIpc) is 2.70. The highest BCUT2D eigenvalue weighted by Gasteiger charge is 2.30. The van der Waals surface area contributed by atoms with E-state index in [-0.39, 0.29) is 5.91 Å². The van der Waals surface area contributed by atoms with Gasteiger partial charge in [0, 0.05) is 51.7 Å². The maximum Gasteiger partial charge on any atom is 0.407 e. The number of hydrogen-bond acceptors (Lipinski definition) is 4. The molecule has 0 bridgehead atoms. The Morgan fingerprint density at radius 2 is 1.62 bits per heavy atom. The second kappa shape index (κ2) is 9.48. The number of piperazine rings is 1. The Kier molecular flexibility index (Phi) is 7.00. The summed E-state index contributed by atoms with van der Waals surface area (Å²) in [5.41, 5.74) is 1.25. The second-order valence-electron chi connectivity index (χ2n) is 8.32. The fourth-order valence-corrected chi connectivity index (χ4v) is 4.56. The number of carboxylic acid groups (broad SMARTS) is 1. The van der Waals surface area contributed by atoms with E-state index in [1.165, 1.54) is 10.5 Å². The van der Waals surface area contributed by atoms with Crippen LogP contribution in [0.25, 0.3) is 0 Å². The minimum absolute atomic E-state index is 0.147. The number of hydrogen-bond donors (Lipinski definition) is 1. The number of carbonyl (C=O) groups excluding carboxylic acids is 1. The molecule has 2 aliphatic rings. The van der Waals surface area contributed by atoms with Gasteiger partial charge in [0.15, 0.2) is 0 Å². The van der Waals surface area contributed by atoms with E-state index in [0.717, 1.165) is 38.2 Å². The molecule has 2 heterocycles. The van der Waals surface area contributed by atoms with Crippen molar-refractivity contribution in [2.75, 3.05) is 39.3 Å². The first-order valence-electron chi connectivity index (χ1n) is 10.6. The molecule has 2 atom stereocenters. The topological polar surface area (TPSA) is 73.3 Å². The molecule has 1 aromatic carbocycles. The zero-order chi connectivity index (χ0) is 21.0. The van der Waals surface area contributed by atoms with Crippen LogP contribution in [0.15, 0.2) is 24.3 Å². The number of rotatable bonds is 5. The van der Waals surface area contributed by atoms with E-state index in [0.29, 0.717) is 37.7 Å². The number of nitrogens with zero attached hydrogens (tertiary/aromatic N) is 3. The van der Waals surface area contributed by atoms with Gasteiger partial charge in [-0.1, -0.05) is 12.1 Å². The average molecular weight is 404 g/mol. The van der Waals surface area contributed by atoms with Gasteiger partial charge < -0.3 is 19.6 Å². The normalized spacial score (nSPS) is 23.8. The molecule has 1 aromatic rings. The standard InChI is InChI=1S/C22H33N3O4/c1-16-14-24(18(3)26)15-17(2)25(16)12-13-29-21-6-4-19(5-7-21)20-8-10-23(11-9-20)22(27)28/h4-7,16-17,20H,8-15H2,1-3H3,(H,27,28)/t16-,17+. The van der Waals surface area contributed by atoms with Crippen LogP contribution in [0.3, 0.4) is 0 Å². The maximum atomic E-state index is 11.6. The SMILES string of the molecule is CC(=O)N1C[C@@H](C)N(CCOc2ccc(C3CCN(C(=O)O)CC3)cc2)[C@@H](C)C1. The predicted octanol–water partition coefficient (Wildman–Crippen LogP) is 2.86. The van der Waals surface area contributed by atoms with Gasteiger partial charge in [0.25, 0.3) is 0 Å². The summed E-state index contributed by atoms with van der Waals surface area (Å²) in [7, 11) is 0. The highest BCUT2D eigenvalue weighted by atomic mass is 16.5. The Hall–Kier alpha value is -2.28. The quantitative estimate of drug-likeness (QED) is 0.818. The smallest absolute Gasteiger partial charge is 0.407 e. The van der Waals surface area contributed by atoms with Crippen molar-refractivity contribution >= 4 is 12.0 Å². The highest BCUT2D eigenvalue weighted by molar-refractivity contribution is 5.73. The van der Waals surface area contributed by atoms with Crippen molar-refractivity contribution in [3.63, 3.8) is 0 Å². The fourth-order valence-electron chi connectivity index (χ4n) is 4.56. The minimum Gasteiger partial charge on any atom is -0.492 e. The van der Waals surface area contributed by atoms with Crippen LogP contribution in [0.4, 0.5) is 4.79 Å². The number of ether oxygens (including phenoxy) is 1. The van der Waals surface area contributed by atoms with Crippen LogP contribution in [-0.4, -0.2) is 83.2 Å². The van der Waals surface area contributed by atoms with Crippen LogP contribution in [0.2, 0.25) is 0 Å². The Balaban J connectivity index is 1.45. The summed E-state index contributed by atoms with van der Waals surface area (Å²) in [6.07, 6.45) is 0.918. The first-order valence-corrected chi connectivity index (χ1v) is 10.6. The van der Waals surface area contributed by atoms with Crippen molar-refractivity contribution in [3.8, 4) is 5.75 Å². The monoisotopic (exact) mass is 403 g/mol. The van der Waals surface area contributed by atoms with Gasteiger partial charge in [-0.25, -0.2) is 4.79 Å². The van der Waals surface area contributed by atoms with Crippen molar-refractivity contribution in [1.29, 1.82) is 0 Å². The lowest BCUT2D eigenvalue weighted by molar-refractivity contribution is -0.133. The molecule has 2 fully saturated rings. The first-order chi connectivity index (χ1) is 13.8. The van der Waals surface area contributed by atoms with Crippen LogP contribution >= 0.6 is 0 Å². The van der Waals surface area contributed by atoms with Gasteiger partial charge in [0.05, 0.1) is 0 Å². The molecule has 0 saturated carbocycles. The summed E-state index contributed by atoms with van der Waals surface area (Å²) in [4.78, 5) is 28.5. The van der Waals surface area contributed by atoms with Crippen molar-refractivity contribution < 1.29 is 19.4 Å². The van der Waals surface area contributed by atoms with Crippen molar-refractivity contribution in [2.45, 2.75) is 51.6 Å². The molecule has 7 nitrogen and oxygen atoms in total. The molecular formula is C22H33N3O4. The van der Waals surface area contributed by atoms with Crippen LogP contribution < -0.4 is 4.74 Å². The lowest BCUT2D eigenvalue weighted by Crippen LogP contribution is -2.58. The Labute approximate surface area is 173 Å². The Bertz CT molecular complexity index is 689. The molecule has 160 valence electrons. The molecule has 0 unspecified atom stereocenters. The zero-order valence-electron chi connectivity index (χ0n) is 17.7. The summed E-state index contributed by atoms with van der Waals surface area (Å²) in [5.74, 6) is 1.42. The first kappa shape index (κ1) is 21.4. The van der Waals surface area contributed by atoms with E-state index in [1.54, 1.807) is 6.92 Å². The van der Waals surface area contributed by atoms with E-state index in [1.807, 2.05) is 17.0 Å². The molecule has 1 N–H and O–H groups in total. The van der Waals surface area contributed by atoms with Gasteiger partial charge in [-0.15, -0.1) is 0 Å². The Morgan fingerprint density at radius 3 is 2.14 bits per heavy atom. The molecule has 29 heavy (non-hydrogen) atoms. The third-order valence-corrected chi connectivity index (χ3v) is 6.28. The van der Waals surface area contributed by atoms with Crippen LogP contribution in [0.1, 0.15) is 45.1 Å². The number of likely N-dealkylation sites (tertiary alicyclic amines) is 1. The maximum absolute atomic E-state index is 11.6. The van der Waals surface area contributed by atoms with Crippen LogP contribution in [0.5, 0.6) is 5.75 Å². The summed E-state index contributed by atoms with van der Waals surface area (Å²) >= 11 is 0. The fraction of sp³-hybridized carbons (Fsp3) is 0.636. The minimum atomic E-state index is -0.821. The van der Waals surface area contributed by atoms with Gasteiger partial charge in [-0.05, 0) is 50.3 Å². The van der Waals surface area contributed by atoms with Crippen molar-refractivity contribution in [2.24, 2.45) is 0 Å².